The topological polar surface area (TPSA) is 194 Å². The number of ketones is 3. The molecule has 0 radical (unpaired) electrons. The zero-order chi connectivity index (χ0) is 54.0. The van der Waals surface area contributed by atoms with Crippen molar-refractivity contribution in [3.8, 4) is 0 Å². The first-order valence-electron chi connectivity index (χ1n) is 26.9. The number of piperidine rings is 1. The molecule has 3 fully saturated rings. The second-order valence-electron chi connectivity index (χ2n) is 21.7. The first-order chi connectivity index (χ1) is 34.6. The van der Waals surface area contributed by atoms with Crippen LogP contribution in [-0.4, -0.2) is 151 Å². The van der Waals surface area contributed by atoms with Gasteiger partial charge in [-0.05, 0) is 120 Å². The highest BCUT2D eigenvalue weighted by Gasteiger charge is 2.53. The summed E-state index contributed by atoms with van der Waals surface area (Å²) in [5.41, 5.74) is -0.354. The number of nitrogens with zero attached hydrogens (tertiary/aromatic N) is 1. The zero-order valence-corrected chi connectivity index (χ0v) is 48.0. The molecule has 1 amide bonds. The predicted octanol–water partition coefficient (Wildman–Crippen LogP) is 8.44. The minimum Gasteiger partial charge on any atom is -0.460 e. The van der Waals surface area contributed by atoms with Crippen LogP contribution in [0.5, 0.6) is 0 Å². The van der Waals surface area contributed by atoms with Crippen LogP contribution in [0.3, 0.4) is 0 Å². The number of carbonyl (C=O) groups is 5. The van der Waals surface area contributed by atoms with E-state index >= 15 is 0 Å². The zero-order valence-electron chi connectivity index (χ0n) is 45.8. The van der Waals surface area contributed by atoms with Crippen molar-refractivity contribution in [2.24, 2.45) is 35.5 Å². The number of ether oxygens (including phenoxy) is 7. The molecule has 3 aliphatic heterocycles. The third kappa shape index (κ3) is 17.4. The molecule has 1 unspecified atom stereocenters. The van der Waals surface area contributed by atoms with E-state index < -0.39 is 77.3 Å². The molecule has 1 aliphatic carbocycles. The fourth-order valence-corrected chi connectivity index (χ4v) is 11.4. The van der Waals surface area contributed by atoms with Gasteiger partial charge in [-0.1, -0.05) is 93.7 Å². The Morgan fingerprint density at radius 3 is 2.29 bits per heavy atom. The van der Waals surface area contributed by atoms with Crippen molar-refractivity contribution in [2.45, 2.75) is 193 Å². The van der Waals surface area contributed by atoms with Gasteiger partial charge in [0.1, 0.15) is 24.0 Å². The number of carbonyl (C=O) groups excluding carboxylic acids is 5. The number of halogens is 1. The molecule has 1 saturated carbocycles. The van der Waals surface area contributed by atoms with E-state index in [0.717, 1.165) is 35.7 Å². The number of aliphatic hydroxyl groups is 2. The van der Waals surface area contributed by atoms with Crippen molar-refractivity contribution in [2.75, 3.05) is 52.1 Å². The van der Waals surface area contributed by atoms with Gasteiger partial charge in [0.15, 0.2) is 11.4 Å². The fraction of sp³-hybridized carbons (Fsp3) is 0.772. The Bertz CT molecular complexity index is 1940. The summed E-state index contributed by atoms with van der Waals surface area (Å²) in [5, 5.41) is 23.9. The molecule has 2 saturated heterocycles. The number of esters is 1. The summed E-state index contributed by atoms with van der Waals surface area (Å²) < 4.78 is 43.1. The van der Waals surface area contributed by atoms with Crippen LogP contribution in [0.15, 0.2) is 47.6 Å². The molecule has 2 N–H and O–H groups in total. The van der Waals surface area contributed by atoms with Gasteiger partial charge in [0.25, 0.3) is 11.7 Å². The van der Waals surface area contributed by atoms with Crippen molar-refractivity contribution in [3.63, 3.8) is 0 Å². The third-order valence-corrected chi connectivity index (χ3v) is 16.7. The van der Waals surface area contributed by atoms with Gasteiger partial charge in [-0.3, -0.25) is 19.2 Å². The highest BCUT2D eigenvalue weighted by Crippen LogP contribution is 2.38. The van der Waals surface area contributed by atoms with Crippen LogP contribution >= 0.6 is 22.6 Å². The molecule has 16 heteroatoms. The second kappa shape index (κ2) is 30.3. The largest absolute Gasteiger partial charge is 0.460 e. The van der Waals surface area contributed by atoms with Crippen LogP contribution in [-0.2, 0) is 57.1 Å². The Labute approximate surface area is 450 Å². The summed E-state index contributed by atoms with van der Waals surface area (Å²) in [4.78, 5) is 73.2. The number of allylic oxidation sites excluding steroid dienone is 6. The lowest BCUT2D eigenvalue weighted by Gasteiger charge is -2.43. The van der Waals surface area contributed by atoms with Gasteiger partial charge in [-0.2, -0.15) is 0 Å². The van der Waals surface area contributed by atoms with E-state index in [1.807, 2.05) is 58.1 Å². The van der Waals surface area contributed by atoms with Gasteiger partial charge in [0, 0.05) is 69.5 Å². The molecule has 4 rings (SSSR count). The number of alkyl halides is 1. The van der Waals surface area contributed by atoms with Crippen molar-refractivity contribution >= 4 is 51.8 Å². The third-order valence-electron chi connectivity index (χ3n) is 15.9. The quantitative estimate of drug-likeness (QED) is 0.0446. The molecule has 414 valence electrons. The monoisotopic (exact) mass is 1140 g/mol. The molecule has 73 heavy (non-hydrogen) atoms. The molecular weight excluding hydrogens is 1050 g/mol. The molecule has 2 bridgehead atoms. The molecular formula is C57H90INO14. The van der Waals surface area contributed by atoms with E-state index in [0.29, 0.717) is 57.3 Å². The Kier molecular flexibility index (Phi) is 26.1. The maximum Gasteiger partial charge on any atom is 0.329 e. The number of rotatable bonds is 13. The predicted molar refractivity (Wildman–Crippen MR) is 288 cm³/mol. The average molecular weight is 1140 g/mol. The van der Waals surface area contributed by atoms with Crippen molar-refractivity contribution in [1.29, 1.82) is 0 Å². The van der Waals surface area contributed by atoms with Gasteiger partial charge < -0.3 is 48.3 Å². The second-order valence-corrected chi connectivity index (χ2v) is 22.8. The van der Waals surface area contributed by atoms with E-state index in [2.05, 4.69) is 22.6 Å². The normalized spacial score (nSPS) is 38.3. The number of aliphatic hydroxyl groups excluding tert-OH is 1. The number of methoxy groups -OCH3 is 3. The number of Topliss-reactive ketones (excluding diaryl/α,β-unsaturated/α-hetero) is 3. The van der Waals surface area contributed by atoms with Gasteiger partial charge >= 0.3 is 5.97 Å². The molecule has 15 atom stereocenters. The molecule has 3 heterocycles. The lowest BCUT2D eigenvalue weighted by molar-refractivity contribution is -0.266. The van der Waals surface area contributed by atoms with Crippen molar-refractivity contribution in [3.05, 3.63) is 47.6 Å². The standard InChI is InChI=1S/C57H90INO14/c1-36-18-13-12-14-19-37(2)48(71-29-28-67-9)34-44-23-21-42(7)57(66,73-44)53(63)54(64)59-26-16-15-20-45(59)55(65)72-49(39(4)32-43-22-24-47(50(33-43)68-10)70-27-17-25-58)35-46(60)38(3)31-41(6)52(62)56(8,69-11)51(61)40(5)30-36/h12-14,18-19,31,36,38-40,42-45,47-50,52,62,66H,15-17,20-30,32-35H2,1-11H3/b14-12+,18-13+,37-19+,41-31+/t36-,38-,39-,40-,42-,43+,44+,45?,47-,48+,49+,50-,52-,56-,57-/m1/s1. The molecule has 15 nitrogen and oxygen atoms in total. The lowest BCUT2D eigenvalue weighted by Crippen LogP contribution is -2.61. The smallest absolute Gasteiger partial charge is 0.329 e. The summed E-state index contributed by atoms with van der Waals surface area (Å²) in [7, 11) is 4.68. The lowest BCUT2D eigenvalue weighted by atomic mass is 9.78. The van der Waals surface area contributed by atoms with Crippen LogP contribution in [0.1, 0.15) is 139 Å². The highest BCUT2D eigenvalue weighted by atomic mass is 127. The Morgan fingerprint density at radius 1 is 0.863 bits per heavy atom. The number of hydrogen-bond acceptors (Lipinski definition) is 14. The van der Waals surface area contributed by atoms with Crippen LogP contribution in [0.4, 0.5) is 0 Å². The summed E-state index contributed by atoms with van der Waals surface area (Å²) >= 11 is 2.34. The van der Waals surface area contributed by atoms with Crippen molar-refractivity contribution < 1.29 is 67.3 Å². The van der Waals surface area contributed by atoms with Gasteiger partial charge in [0.2, 0.25) is 5.79 Å². The Hall–Kier alpha value is -2.68. The van der Waals surface area contributed by atoms with Gasteiger partial charge in [-0.15, -0.1) is 0 Å². The molecule has 0 spiro atoms. The van der Waals surface area contributed by atoms with E-state index in [1.165, 1.54) is 12.0 Å². The highest BCUT2D eigenvalue weighted by molar-refractivity contribution is 14.1. The number of cyclic esters (lactones) is 1. The van der Waals surface area contributed by atoms with Crippen LogP contribution in [0.25, 0.3) is 0 Å². The van der Waals surface area contributed by atoms with Crippen LogP contribution < -0.4 is 0 Å². The first kappa shape index (κ1) is 62.9. The summed E-state index contributed by atoms with van der Waals surface area (Å²) in [6, 6.07) is -1.14. The number of amides is 1. The van der Waals surface area contributed by atoms with Crippen molar-refractivity contribution in [1.82, 2.24) is 4.90 Å². The maximum atomic E-state index is 14.6. The molecule has 4 aliphatic rings. The van der Waals surface area contributed by atoms with E-state index in [4.69, 9.17) is 33.2 Å². The molecule has 0 aromatic heterocycles. The molecule has 0 aromatic rings. The SMILES string of the molecule is COCCO[C@H]1C[C@@H]2CC[C@@H](C)[C@@](O)(O2)C(=O)C(=O)N2CCCCC2C(=O)O[C@H]([C@H](C)C[C@@H]2CC[C@@H](OCCCI)[C@H](OC)C2)CC(=O)[C@H](C)/C=C(\C)[C@@H](O)[C@](C)(OC)C(=O)[C@H](C)C[C@H](C)/C=C/C=C/C=C/1C. The summed E-state index contributed by atoms with van der Waals surface area (Å²) in [6.07, 6.45) is 14.6. The Balaban J connectivity index is 1.73. The Morgan fingerprint density at radius 2 is 1.60 bits per heavy atom. The van der Waals surface area contributed by atoms with E-state index in [-0.39, 0.29) is 73.9 Å². The maximum absolute atomic E-state index is 14.6. The van der Waals surface area contributed by atoms with Crippen LogP contribution in [0, 0.1) is 35.5 Å². The molecule has 0 aromatic carbocycles. The van der Waals surface area contributed by atoms with E-state index in [9.17, 15) is 34.2 Å². The minimum atomic E-state index is -2.45. The van der Waals surface area contributed by atoms with E-state index in [1.54, 1.807) is 48.0 Å². The minimum absolute atomic E-state index is 0.00694. The first-order valence-corrected chi connectivity index (χ1v) is 28.4. The number of fused-ring (bicyclic) bond motifs is 3. The summed E-state index contributed by atoms with van der Waals surface area (Å²) in [5.74, 6) is -7.95. The van der Waals surface area contributed by atoms with Gasteiger partial charge in [0.05, 0.1) is 37.6 Å². The van der Waals surface area contributed by atoms with Gasteiger partial charge in [-0.25, -0.2) is 4.79 Å². The average Bonchev–Trinajstić information content (AvgIpc) is 3.37. The number of hydrogen-bond donors (Lipinski definition) is 2. The van der Waals surface area contributed by atoms with Crippen LogP contribution in [0.2, 0.25) is 0 Å². The fourth-order valence-electron chi connectivity index (χ4n) is 11.1. The summed E-state index contributed by atoms with van der Waals surface area (Å²) in [6.45, 7) is 15.8.